The molecule has 110 valence electrons. The second kappa shape index (κ2) is 6.10. The van der Waals surface area contributed by atoms with Crippen molar-refractivity contribution in [3.8, 4) is 0 Å². The highest BCUT2D eigenvalue weighted by atomic mass is 15.3. The summed E-state index contributed by atoms with van der Waals surface area (Å²) in [6.45, 7) is 2.15. The Bertz CT molecular complexity index is 595. The van der Waals surface area contributed by atoms with Crippen LogP contribution in [0.15, 0.2) is 36.4 Å². The Morgan fingerprint density at radius 2 is 1.90 bits per heavy atom. The maximum atomic E-state index is 5.49. The maximum absolute atomic E-state index is 5.49. The fourth-order valence-electron chi connectivity index (χ4n) is 2.41. The van der Waals surface area contributed by atoms with Crippen LogP contribution in [0.2, 0.25) is 0 Å². The minimum Gasteiger partial charge on any atom is -0.367 e. The van der Waals surface area contributed by atoms with E-state index >= 15 is 0 Å². The van der Waals surface area contributed by atoms with Crippen LogP contribution in [0.25, 0.3) is 0 Å². The lowest BCUT2D eigenvalue weighted by Crippen LogP contribution is -2.20. The molecule has 0 spiro atoms. The van der Waals surface area contributed by atoms with E-state index in [2.05, 4.69) is 51.9 Å². The van der Waals surface area contributed by atoms with Crippen molar-refractivity contribution in [2.24, 2.45) is 5.84 Å². The molecule has 1 aromatic heterocycles. The topological polar surface area (TPSA) is 75.9 Å². The first-order valence-electron chi connectivity index (χ1n) is 7.40. The van der Waals surface area contributed by atoms with E-state index in [4.69, 9.17) is 5.84 Å². The van der Waals surface area contributed by atoms with Crippen molar-refractivity contribution in [1.29, 1.82) is 0 Å². The quantitative estimate of drug-likeness (QED) is 0.561. The van der Waals surface area contributed by atoms with Crippen molar-refractivity contribution in [2.45, 2.75) is 38.1 Å². The van der Waals surface area contributed by atoms with Gasteiger partial charge in [-0.05, 0) is 31.7 Å². The smallest absolute Gasteiger partial charge is 0.145 e. The fourth-order valence-corrected chi connectivity index (χ4v) is 2.41. The van der Waals surface area contributed by atoms with E-state index in [9.17, 15) is 0 Å². The van der Waals surface area contributed by atoms with Gasteiger partial charge < -0.3 is 10.7 Å². The zero-order valence-corrected chi connectivity index (χ0v) is 12.2. The van der Waals surface area contributed by atoms with Gasteiger partial charge in [-0.25, -0.2) is 15.8 Å². The van der Waals surface area contributed by atoms with Crippen LogP contribution in [-0.4, -0.2) is 16.0 Å². The average molecular weight is 283 g/mol. The van der Waals surface area contributed by atoms with Crippen LogP contribution >= 0.6 is 0 Å². The van der Waals surface area contributed by atoms with E-state index in [1.165, 1.54) is 18.4 Å². The molecule has 1 aliphatic rings. The van der Waals surface area contributed by atoms with E-state index in [1.807, 2.05) is 12.1 Å². The maximum Gasteiger partial charge on any atom is 0.145 e. The first kappa shape index (κ1) is 13.8. The minimum atomic E-state index is 0.292. The van der Waals surface area contributed by atoms with Crippen LogP contribution in [0.4, 0.5) is 11.6 Å². The molecule has 0 bridgehead atoms. The Balaban J connectivity index is 1.70. The number of anilines is 2. The van der Waals surface area contributed by atoms with Gasteiger partial charge >= 0.3 is 0 Å². The number of nitrogens with one attached hydrogen (secondary N) is 2. The zero-order chi connectivity index (χ0) is 14.7. The van der Waals surface area contributed by atoms with Crippen molar-refractivity contribution in [1.82, 2.24) is 9.97 Å². The van der Waals surface area contributed by atoms with Gasteiger partial charge in [-0.2, -0.15) is 0 Å². The number of rotatable bonds is 6. The van der Waals surface area contributed by atoms with Gasteiger partial charge in [0.1, 0.15) is 17.5 Å². The van der Waals surface area contributed by atoms with Gasteiger partial charge in [0.15, 0.2) is 0 Å². The summed E-state index contributed by atoms with van der Waals surface area (Å²) in [6.07, 6.45) is 3.30. The third kappa shape index (κ3) is 3.70. The summed E-state index contributed by atoms with van der Waals surface area (Å²) in [5.74, 6) is 8.39. The van der Waals surface area contributed by atoms with E-state index in [1.54, 1.807) is 0 Å². The fraction of sp³-hybridized carbons (Fsp3) is 0.375. The Morgan fingerprint density at radius 1 is 1.19 bits per heavy atom. The first-order chi connectivity index (χ1) is 10.2. The molecule has 0 aliphatic heterocycles. The van der Waals surface area contributed by atoms with Crippen LogP contribution in [0.3, 0.4) is 0 Å². The van der Waals surface area contributed by atoms with Crippen molar-refractivity contribution < 1.29 is 0 Å². The number of hydrogen-bond donors (Lipinski definition) is 3. The summed E-state index contributed by atoms with van der Waals surface area (Å²) in [5.41, 5.74) is 3.93. The van der Waals surface area contributed by atoms with E-state index < -0.39 is 0 Å². The number of nitrogen functional groups attached to an aromatic ring is 1. The van der Waals surface area contributed by atoms with Gasteiger partial charge in [-0.3, -0.25) is 0 Å². The van der Waals surface area contributed by atoms with E-state index in [0.717, 1.165) is 18.1 Å². The largest absolute Gasteiger partial charge is 0.367 e. The van der Waals surface area contributed by atoms with E-state index in [-0.39, 0.29) is 0 Å². The Kier molecular flexibility index (Phi) is 4.01. The molecule has 0 amide bonds. The third-order valence-electron chi connectivity index (χ3n) is 3.61. The molecule has 0 radical (unpaired) electrons. The predicted octanol–water partition coefficient (Wildman–Crippen LogP) is 2.68. The van der Waals surface area contributed by atoms with Gasteiger partial charge in [0.2, 0.25) is 0 Å². The monoisotopic (exact) mass is 283 g/mol. The Labute approximate surface area is 125 Å². The molecule has 5 heteroatoms. The van der Waals surface area contributed by atoms with Gasteiger partial charge in [0, 0.05) is 18.0 Å². The van der Waals surface area contributed by atoms with Crippen molar-refractivity contribution >= 4 is 11.6 Å². The highest BCUT2D eigenvalue weighted by Gasteiger charge is 2.27. The number of benzene rings is 1. The highest BCUT2D eigenvalue weighted by molar-refractivity contribution is 5.48. The van der Waals surface area contributed by atoms with Gasteiger partial charge in [0.05, 0.1) is 0 Å². The minimum absolute atomic E-state index is 0.292. The van der Waals surface area contributed by atoms with Crippen LogP contribution in [0.1, 0.15) is 37.1 Å². The molecule has 4 N–H and O–H groups in total. The van der Waals surface area contributed by atoms with Crippen LogP contribution in [-0.2, 0) is 6.42 Å². The summed E-state index contributed by atoms with van der Waals surface area (Å²) in [7, 11) is 0. The van der Waals surface area contributed by atoms with E-state index in [0.29, 0.717) is 17.8 Å². The predicted molar refractivity (Wildman–Crippen MR) is 85.0 cm³/mol. The highest BCUT2D eigenvalue weighted by Crippen LogP contribution is 2.38. The molecule has 2 aromatic rings. The first-order valence-corrected chi connectivity index (χ1v) is 7.40. The van der Waals surface area contributed by atoms with Crippen molar-refractivity contribution in [3.05, 3.63) is 47.8 Å². The number of hydrazine groups is 1. The standard InChI is InChI=1S/C16H21N5/c1-11(9-12-5-3-2-4-6-12)18-14-10-15(21-17)20-16(19-14)13-7-8-13/h2-6,10-11,13H,7-9,17H2,1H3,(H2,18,19,20,21). The lowest BCUT2D eigenvalue weighted by molar-refractivity contribution is 0.779. The zero-order valence-electron chi connectivity index (χ0n) is 12.2. The van der Waals surface area contributed by atoms with Crippen LogP contribution in [0.5, 0.6) is 0 Å². The second-order valence-corrected chi connectivity index (χ2v) is 5.65. The second-order valence-electron chi connectivity index (χ2n) is 5.65. The summed E-state index contributed by atoms with van der Waals surface area (Å²) < 4.78 is 0. The summed E-state index contributed by atoms with van der Waals surface area (Å²) >= 11 is 0. The average Bonchev–Trinajstić information content (AvgIpc) is 3.32. The number of aromatic nitrogens is 2. The molecule has 1 fully saturated rings. The number of hydrogen-bond acceptors (Lipinski definition) is 5. The molecule has 1 unspecified atom stereocenters. The number of nitrogens with zero attached hydrogens (tertiary/aromatic N) is 2. The lowest BCUT2D eigenvalue weighted by atomic mass is 10.1. The van der Waals surface area contributed by atoms with Crippen LogP contribution in [0, 0.1) is 0 Å². The summed E-state index contributed by atoms with van der Waals surface area (Å²) in [5, 5.41) is 3.44. The lowest BCUT2D eigenvalue weighted by Gasteiger charge is -2.16. The molecule has 5 nitrogen and oxygen atoms in total. The Morgan fingerprint density at radius 3 is 2.57 bits per heavy atom. The van der Waals surface area contributed by atoms with Gasteiger partial charge in [-0.15, -0.1) is 0 Å². The molecule has 1 aliphatic carbocycles. The molecule has 1 aromatic carbocycles. The molecule has 0 saturated heterocycles. The van der Waals surface area contributed by atoms with Crippen molar-refractivity contribution in [2.75, 3.05) is 10.7 Å². The molecule has 1 heterocycles. The molecule has 1 saturated carbocycles. The SMILES string of the molecule is CC(Cc1ccccc1)Nc1cc(NN)nc(C2CC2)n1. The van der Waals surface area contributed by atoms with Gasteiger partial charge in [-0.1, -0.05) is 30.3 Å². The molecule has 21 heavy (non-hydrogen) atoms. The molecule has 3 rings (SSSR count). The summed E-state index contributed by atoms with van der Waals surface area (Å²) in [6, 6.07) is 12.6. The Hall–Kier alpha value is -2.14. The van der Waals surface area contributed by atoms with Crippen LogP contribution < -0.4 is 16.6 Å². The molecular formula is C16H21N5. The number of nitrogens with two attached hydrogens (primary N) is 1. The van der Waals surface area contributed by atoms with Gasteiger partial charge in [0.25, 0.3) is 0 Å². The third-order valence-corrected chi connectivity index (χ3v) is 3.61. The molecule has 1 atom stereocenters. The molecular weight excluding hydrogens is 262 g/mol. The van der Waals surface area contributed by atoms with Crippen molar-refractivity contribution in [3.63, 3.8) is 0 Å². The summed E-state index contributed by atoms with van der Waals surface area (Å²) in [4.78, 5) is 9.03. The normalized spacial score (nSPS) is 15.5.